The maximum absolute atomic E-state index is 12.7. The summed E-state index contributed by atoms with van der Waals surface area (Å²) in [4.78, 5) is 42.5. The largest absolute Gasteiger partial charge is 0.497 e. The lowest BCUT2D eigenvalue weighted by molar-refractivity contribution is -0.122. The third kappa shape index (κ3) is 4.11. The number of amides is 3. The van der Waals surface area contributed by atoms with Crippen LogP contribution in [0.25, 0.3) is 10.2 Å². The van der Waals surface area contributed by atoms with E-state index in [9.17, 15) is 14.4 Å². The van der Waals surface area contributed by atoms with Crippen LogP contribution >= 0.6 is 11.3 Å². The fraction of sp³-hybridized carbons (Fsp3) is 0.238. The molecule has 1 saturated heterocycles. The molecular weight excluding hydrogens is 404 g/mol. The number of ether oxygens (including phenoxy) is 1. The molecule has 0 bridgehead atoms. The topological polar surface area (TPSA) is 101 Å². The Balaban J connectivity index is 1.46. The lowest BCUT2D eigenvalue weighted by Crippen LogP contribution is -2.28. The van der Waals surface area contributed by atoms with Gasteiger partial charge in [-0.25, -0.2) is 4.98 Å². The second kappa shape index (κ2) is 8.11. The van der Waals surface area contributed by atoms with Crippen LogP contribution in [-0.2, 0) is 14.4 Å². The van der Waals surface area contributed by atoms with Crippen molar-refractivity contribution in [1.82, 2.24) is 4.98 Å². The van der Waals surface area contributed by atoms with Gasteiger partial charge < -0.3 is 20.3 Å². The molecule has 9 heteroatoms. The van der Waals surface area contributed by atoms with E-state index in [4.69, 9.17) is 4.74 Å². The fourth-order valence-corrected chi connectivity index (χ4v) is 4.28. The van der Waals surface area contributed by atoms with Crippen molar-refractivity contribution >= 4 is 55.8 Å². The molecule has 1 aromatic heterocycles. The van der Waals surface area contributed by atoms with E-state index in [-0.39, 0.29) is 30.7 Å². The van der Waals surface area contributed by atoms with Gasteiger partial charge >= 0.3 is 0 Å². The first-order valence-electron chi connectivity index (χ1n) is 9.36. The second-order valence-corrected chi connectivity index (χ2v) is 8.01. The highest BCUT2D eigenvalue weighted by atomic mass is 32.1. The normalized spacial score (nSPS) is 16.0. The van der Waals surface area contributed by atoms with Crippen LogP contribution in [0.15, 0.2) is 42.5 Å². The van der Waals surface area contributed by atoms with E-state index in [2.05, 4.69) is 15.6 Å². The number of aromatic nitrogens is 1. The van der Waals surface area contributed by atoms with E-state index >= 15 is 0 Å². The minimum atomic E-state index is -0.483. The zero-order valence-electron chi connectivity index (χ0n) is 16.5. The first-order chi connectivity index (χ1) is 14.4. The van der Waals surface area contributed by atoms with Gasteiger partial charge in [-0.05, 0) is 36.4 Å². The van der Waals surface area contributed by atoms with Gasteiger partial charge in [-0.2, -0.15) is 0 Å². The first-order valence-corrected chi connectivity index (χ1v) is 10.2. The molecule has 8 nitrogen and oxygen atoms in total. The molecule has 1 atom stereocenters. The molecule has 30 heavy (non-hydrogen) atoms. The monoisotopic (exact) mass is 424 g/mol. The van der Waals surface area contributed by atoms with E-state index in [1.807, 2.05) is 18.2 Å². The molecule has 0 aliphatic carbocycles. The maximum Gasteiger partial charge on any atom is 0.231 e. The molecular formula is C21H20N4O4S. The molecule has 0 spiro atoms. The summed E-state index contributed by atoms with van der Waals surface area (Å²) in [6, 6.07) is 12.5. The number of benzene rings is 2. The number of rotatable bonds is 5. The number of nitrogens with one attached hydrogen (secondary N) is 2. The van der Waals surface area contributed by atoms with Crippen molar-refractivity contribution in [2.45, 2.75) is 13.3 Å². The van der Waals surface area contributed by atoms with E-state index in [1.165, 1.54) is 18.3 Å². The van der Waals surface area contributed by atoms with Crippen LogP contribution in [0, 0.1) is 5.92 Å². The molecule has 154 valence electrons. The van der Waals surface area contributed by atoms with Gasteiger partial charge in [-0.15, -0.1) is 0 Å². The summed E-state index contributed by atoms with van der Waals surface area (Å²) in [5.74, 6) is -0.323. The molecule has 0 saturated carbocycles. The molecule has 2 N–H and O–H groups in total. The third-order valence-corrected chi connectivity index (χ3v) is 5.73. The summed E-state index contributed by atoms with van der Waals surface area (Å²) < 4.78 is 6.12. The SMILES string of the molecule is COc1ccc2nc(NC(=O)[C@@H]3CC(=O)N(c4cccc(NC(C)=O)c4)C3)sc2c1. The summed E-state index contributed by atoms with van der Waals surface area (Å²) in [6.45, 7) is 1.69. The van der Waals surface area contributed by atoms with Gasteiger partial charge in [-0.3, -0.25) is 14.4 Å². The standard InChI is InChI=1S/C21H20N4O4S/c1-12(26)22-14-4-3-5-15(9-14)25-11-13(8-19(25)27)20(28)24-21-23-17-7-6-16(29-2)10-18(17)30-21/h3-7,9-10,13H,8,11H2,1-2H3,(H,22,26)(H,23,24,28)/t13-/m1/s1. The molecule has 0 radical (unpaired) electrons. The Morgan fingerprint density at radius 2 is 2.03 bits per heavy atom. The second-order valence-electron chi connectivity index (χ2n) is 6.98. The zero-order chi connectivity index (χ0) is 21.3. The summed E-state index contributed by atoms with van der Waals surface area (Å²) >= 11 is 1.36. The molecule has 2 aromatic carbocycles. The fourth-order valence-electron chi connectivity index (χ4n) is 3.38. The zero-order valence-corrected chi connectivity index (χ0v) is 17.3. The van der Waals surface area contributed by atoms with E-state index in [0.717, 1.165) is 16.0 Å². The highest BCUT2D eigenvalue weighted by molar-refractivity contribution is 7.22. The Kier molecular flexibility index (Phi) is 5.37. The van der Waals surface area contributed by atoms with Crippen molar-refractivity contribution in [2.24, 2.45) is 5.92 Å². The summed E-state index contributed by atoms with van der Waals surface area (Å²) in [5.41, 5.74) is 2.02. The highest BCUT2D eigenvalue weighted by Gasteiger charge is 2.35. The van der Waals surface area contributed by atoms with Gasteiger partial charge in [0.2, 0.25) is 17.7 Å². The molecule has 3 amide bonds. The van der Waals surface area contributed by atoms with Crippen molar-refractivity contribution in [2.75, 3.05) is 29.2 Å². The number of carbonyl (C=O) groups is 3. The molecule has 0 unspecified atom stereocenters. The number of thiazole rings is 1. The van der Waals surface area contributed by atoms with Crippen molar-refractivity contribution in [1.29, 1.82) is 0 Å². The van der Waals surface area contributed by atoms with Gasteiger partial charge in [0.15, 0.2) is 5.13 Å². The van der Waals surface area contributed by atoms with Crippen LogP contribution < -0.4 is 20.3 Å². The van der Waals surface area contributed by atoms with Crippen molar-refractivity contribution < 1.29 is 19.1 Å². The number of methoxy groups -OCH3 is 1. The number of anilines is 3. The van der Waals surface area contributed by atoms with Crippen molar-refractivity contribution in [3.8, 4) is 5.75 Å². The minimum absolute atomic E-state index is 0.120. The smallest absolute Gasteiger partial charge is 0.231 e. The lowest BCUT2D eigenvalue weighted by Gasteiger charge is -2.17. The van der Waals surface area contributed by atoms with Crippen LogP contribution in [0.4, 0.5) is 16.5 Å². The molecule has 1 aliphatic rings. The Hall–Kier alpha value is -3.46. The summed E-state index contributed by atoms with van der Waals surface area (Å²) in [5, 5.41) is 6.02. The van der Waals surface area contributed by atoms with Gasteiger partial charge in [0.1, 0.15) is 5.75 Å². The molecule has 3 aromatic rings. The summed E-state index contributed by atoms with van der Waals surface area (Å²) in [7, 11) is 1.60. The minimum Gasteiger partial charge on any atom is -0.497 e. The number of carbonyl (C=O) groups excluding carboxylic acids is 3. The van der Waals surface area contributed by atoms with Crippen LogP contribution in [0.3, 0.4) is 0 Å². The van der Waals surface area contributed by atoms with Gasteiger partial charge in [-0.1, -0.05) is 17.4 Å². The Labute approximate surface area is 176 Å². The van der Waals surface area contributed by atoms with Crippen molar-refractivity contribution in [3.63, 3.8) is 0 Å². The highest BCUT2D eigenvalue weighted by Crippen LogP contribution is 2.31. The number of nitrogens with zero attached hydrogens (tertiary/aromatic N) is 2. The van der Waals surface area contributed by atoms with E-state index in [1.54, 1.807) is 36.3 Å². The predicted octanol–water partition coefficient (Wildman–Crippen LogP) is 3.25. The predicted molar refractivity (Wildman–Crippen MR) is 116 cm³/mol. The molecule has 2 heterocycles. The molecule has 1 fully saturated rings. The number of hydrogen-bond acceptors (Lipinski definition) is 6. The van der Waals surface area contributed by atoms with Gasteiger partial charge in [0.05, 0.1) is 23.2 Å². The quantitative estimate of drug-likeness (QED) is 0.655. The van der Waals surface area contributed by atoms with Crippen LogP contribution in [-0.4, -0.2) is 36.4 Å². The molecule has 1 aliphatic heterocycles. The Bertz CT molecular complexity index is 1140. The average molecular weight is 424 g/mol. The van der Waals surface area contributed by atoms with Crippen LogP contribution in [0.1, 0.15) is 13.3 Å². The van der Waals surface area contributed by atoms with E-state index in [0.29, 0.717) is 16.5 Å². The number of fused-ring (bicyclic) bond motifs is 1. The third-order valence-electron chi connectivity index (χ3n) is 4.80. The Morgan fingerprint density at radius 3 is 2.80 bits per heavy atom. The van der Waals surface area contributed by atoms with Gasteiger partial charge in [0, 0.05) is 31.3 Å². The maximum atomic E-state index is 12.7. The van der Waals surface area contributed by atoms with Crippen LogP contribution in [0.5, 0.6) is 5.75 Å². The Morgan fingerprint density at radius 1 is 1.20 bits per heavy atom. The number of hydrogen-bond donors (Lipinski definition) is 2. The average Bonchev–Trinajstić information content (AvgIpc) is 3.29. The van der Waals surface area contributed by atoms with Gasteiger partial charge in [0.25, 0.3) is 0 Å². The summed E-state index contributed by atoms with van der Waals surface area (Å²) in [6.07, 6.45) is 0.120. The van der Waals surface area contributed by atoms with Crippen molar-refractivity contribution in [3.05, 3.63) is 42.5 Å². The first kappa shape index (κ1) is 19.8. The van der Waals surface area contributed by atoms with Crippen LogP contribution in [0.2, 0.25) is 0 Å². The van der Waals surface area contributed by atoms with E-state index < -0.39 is 5.92 Å². The lowest BCUT2D eigenvalue weighted by atomic mass is 10.1. The molecule has 4 rings (SSSR count).